The van der Waals surface area contributed by atoms with Crippen molar-refractivity contribution >= 4 is 17.6 Å². The lowest BCUT2D eigenvalue weighted by Gasteiger charge is -2.12. The van der Waals surface area contributed by atoms with E-state index < -0.39 is 24.1 Å². The van der Waals surface area contributed by atoms with Gasteiger partial charge in [0.05, 0.1) is 12.5 Å². The van der Waals surface area contributed by atoms with Crippen LogP contribution in [-0.4, -0.2) is 36.3 Å². The molecule has 2 aromatic rings. The number of amides is 1. The molecule has 2 aromatic carbocycles. The fraction of sp³-hybridized carbons (Fsp3) is 0.300. The Morgan fingerprint density at radius 3 is 2.63 bits per heavy atom. The first-order chi connectivity index (χ1) is 13.0. The van der Waals surface area contributed by atoms with Crippen molar-refractivity contribution in [2.24, 2.45) is 0 Å². The molecule has 0 spiro atoms. The summed E-state index contributed by atoms with van der Waals surface area (Å²) in [6.07, 6.45) is 1.74. The maximum absolute atomic E-state index is 13.9. The number of carboxylic acids is 1. The van der Waals surface area contributed by atoms with Gasteiger partial charge in [-0.1, -0.05) is 6.07 Å². The molecule has 0 saturated carbocycles. The van der Waals surface area contributed by atoms with Crippen LogP contribution in [0.15, 0.2) is 42.5 Å². The van der Waals surface area contributed by atoms with E-state index in [-0.39, 0.29) is 17.4 Å². The van der Waals surface area contributed by atoms with Gasteiger partial charge in [-0.25, -0.2) is 4.39 Å². The number of hydrogen-bond acceptors (Lipinski definition) is 4. The molecule has 142 valence electrons. The molecule has 3 rings (SSSR count). The highest BCUT2D eigenvalue weighted by Crippen LogP contribution is 2.19. The molecule has 1 saturated heterocycles. The Labute approximate surface area is 155 Å². The summed E-state index contributed by atoms with van der Waals surface area (Å²) in [7, 11) is 0. The van der Waals surface area contributed by atoms with Crippen molar-refractivity contribution in [1.29, 1.82) is 0 Å². The predicted octanol–water partition coefficient (Wildman–Crippen LogP) is 3.26. The van der Waals surface area contributed by atoms with Gasteiger partial charge in [0.1, 0.15) is 18.2 Å². The molecule has 1 fully saturated rings. The van der Waals surface area contributed by atoms with Crippen LogP contribution in [0.4, 0.5) is 10.1 Å². The second kappa shape index (κ2) is 8.64. The molecule has 7 heteroatoms. The Hall–Kier alpha value is -2.93. The van der Waals surface area contributed by atoms with Gasteiger partial charge in [-0.3, -0.25) is 9.59 Å². The summed E-state index contributed by atoms with van der Waals surface area (Å²) in [5.74, 6) is -1.54. The van der Waals surface area contributed by atoms with E-state index in [1.165, 1.54) is 12.1 Å². The first kappa shape index (κ1) is 18.8. The minimum Gasteiger partial charge on any atom is -0.491 e. The summed E-state index contributed by atoms with van der Waals surface area (Å²) in [5.41, 5.74) is 0.716. The Morgan fingerprint density at radius 1 is 1.22 bits per heavy atom. The third-order valence-corrected chi connectivity index (χ3v) is 4.23. The molecule has 0 bridgehead atoms. The Kier molecular flexibility index (Phi) is 6.03. The Bertz CT molecular complexity index is 816. The van der Waals surface area contributed by atoms with Crippen LogP contribution >= 0.6 is 0 Å². The van der Waals surface area contributed by atoms with E-state index in [4.69, 9.17) is 14.6 Å². The summed E-state index contributed by atoms with van der Waals surface area (Å²) in [6.45, 7) is 1.25. The first-order valence-corrected chi connectivity index (χ1v) is 8.67. The van der Waals surface area contributed by atoms with E-state index in [0.717, 1.165) is 25.5 Å². The van der Waals surface area contributed by atoms with Crippen molar-refractivity contribution in [3.8, 4) is 5.75 Å². The summed E-state index contributed by atoms with van der Waals surface area (Å²) in [6, 6.07) is 10.6. The van der Waals surface area contributed by atoms with Gasteiger partial charge in [0, 0.05) is 17.9 Å². The van der Waals surface area contributed by atoms with Crippen molar-refractivity contribution in [1.82, 2.24) is 0 Å². The van der Waals surface area contributed by atoms with Gasteiger partial charge in [-0.15, -0.1) is 0 Å². The summed E-state index contributed by atoms with van der Waals surface area (Å²) >= 11 is 0. The molecule has 0 aliphatic carbocycles. The highest BCUT2D eigenvalue weighted by atomic mass is 19.1. The molecule has 0 aromatic heterocycles. The lowest BCUT2D eigenvalue weighted by atomic mass is 10.1. The minimum absolute atomic E-state index is 0.0632. The van der Waals surface area contributed by atoms with Gasteiger partial charge in [0.2, 0.25) is 0 Å². The van der Waals surface area contributed by atoms with Gasteiger partial charge < -0.3 is 19.9 Å². The summed E-state index contributed by atoms with van der Waals surface area (Å²) in [5, 5.41) is 11.3. The number of halogens is 1. The third-order valence-electron chi connectivity index (χ3n) is 4.23. The Balaban J connectivity index is 1.57. The fourth-order valence-electron chi connectivity index (χ4n) is 2.80. The average molecular weight is 373 g/mol. The van der Waals surface area contributed by atoms with Gasteiger partial charge in [-0.2, -0.15) is 0 Å². The second-order valence-electron chi connectivity index (χ2n) is 6.30. The highest BCUT2D eigenvalue weighted by Gasteiger charge is 2.16. The molecule has 1 unspecified atom stereocenters. The van der Waals surface area contributed by atoms with Crippen LogP contribution in [0.1, 0.15) is 28.8 Å². The zero-order valence-corrected chi connectivity index (χ0v) is 14.6. The number of benzene rings is 2. The van der Waals surface area contributed by atoms with Crippen molar-refractivity contribution < 1.29 is 28.6 Å². The minimum atomic E-state index is -1.12. The molecular weight excluding hydrogens is 353 g/mol. The van der Waals surface area contributed by atoms with Gasteiger partial charge >= 0.3 is 5.97 Å². The van der Waals surface area contributed by atoms with Crippen LogP contribution in [0.3, 0.4) is 0 Å². The van der Waals surface area contributed by atoms with E-state index in [9.17, 15) is 14.0 Å². The second-order valence-corrected chi connectivity index (χ2v) is 6.30. The number of carboxylic acid groups (broad SMARTS) is 1. The standard InChI is InChI=1S/C20H20FNO5/c21-18-11-15(6-3-14(18)10-19(23)24)22-20(25)13-4-7-16(8-5-13)27-12-17-2-1-9-26-17/h3-8,11,17H,1-2,9-10,12H2,(H,22,25)(H,23,24). The number of ether oxygens (including phenoxy) is 2. The van der Waals surface area contributed by atoms with E-state index in [0.29, 0.717) is 17.9 Å². The third kappa shape index (κ3) is 5.27. The zero-order valence-electron chi connectivity index (χ0n) is 14.6. The Morgan fingerprint density at radius 2 is 2.00 bits per heavy atom. The van der Waals surface area contributed by atoms with Crippen molar-refractivity contribution in [2.75, 3.05) is 18.5 Å². The summed E-state index contributed by atoms with van der Waals surface area (Å²) < 4.78 is 25.0. The molecule has 2 N–H and O–H groups in total. The maximum atomic E-state index is 13.9. The van der Waals surface area contributed by atoms with Crippen LogP contribution in [0.5, 0.6) is 5.75 Å². The van der Waals surface area contributed by atoms with E-state index >= 15 is 0 Å². The molecule has 1 aliphatic rings. The smallest absolute Gasteiger partial charge is 0.307 e. The molecule has 6 nitrogen and oxygen atoms in total. The SMILES string of the molecule is O=C(O)Cc1ccc(NC(=O)c2ccc(OCC3CCCO3)cc2)cc1F. The first-order valence-electron chi connectivity index (χ1n) is 8.67. The maximum Gasteiger partial charge on any atom is 0.307 e. The van der Waals surface area contributed by atoms with Crippen LogP contribution in [0.2, 0.25) is 0 Å². The van der Waals surface area contributed by atoms with Crippen LogP contribution in [0.25, 0.3) is 0 Å². The fourth-order valence-corrected chi connectivity index (χ4v) is 2.80. The van der Waals surface area contributed by atoms with Gasteiger partial charge in [0.15, 0.2) is 0 Å². The van der Waals surface area contributed by atoms with Crippen LogP contribution < -0.4 is 10.1 Å². The number of aliphatic carboxylic acids is 1. The van der Waals surface area contributed by atoms with Crippen LogP contribution in [0, 0.1) is 5.82 Å². The molecule has 1 atom stereocenters. The molecular formula is C20H20FNO5. The van der Waals surface area contributed by atoms with Crippen molar-refractivity contribution in [3.63, 3.8) is 0 Å². The monoisotopic (exact) mass is 373 g/mol. The lowest BCUT2D eigenvalue weighted by Crippen LogP contribution is -2.16. The molecule has 1 heterocycles. The van der Waals surface area contributed by atoms with E-state index in [2.05, 4.69) is 5.32 Å². The number of anilines is 1. The normalized spacial score (nSPS) is 16.1. The summed E-state index contributed by atoms with van der Waals surface area (Å²) in [4.78, 5) is 22.9. The van der Waals surface area contributed by atoms with Gasteiger partial charge in [0.25, 0.3) is 5.91 Å². The number of rotatable bonds is 7. The average Bonchev–Trinajstić information content (AvgIpc) is 3.16. The lowest BCUT2D eigenvalue weighted by molar-refractivity contribution is -0.136. The predicted molar refractivity (Wildman–Crippen MR) is 96.6 cm³/mol. The number of carbonyl (C=O) groups is 2. The number of nitrogens with one attached hydrogen (secondary N) is 1. The van der Waals surface area contributed by atoms with Gasteiger partial charge in [-0.05, 0) is 54.8 Å². The number of hydrogen-bond donors (Lipinski definition) is 2. The number of carbonyl (C=O) groups excluding carboxylic acids is 1. The molecule has 27 heavy (non-hydrogen) atoms. The van der Waals surface area contributed by atoms with Crippen molar-refractivity contribution in [2.45, 2.75) is 25.4 Å². The molecule has 1 amide bonds. The van der Waals surface area contributed by atoms with Crippen molar-refractivity contribution in [3.05, 3.63) is 59.4 Å². The van der Waals surface area contributed by atoms with E-state index in [1.807, 2.05) is 0 Å². The van der Waals surface area contributed by atoms with Crippen LogP contribution in [-0.2, 0) is 16.0 Å². The largest absolute Gasteiger partial charge is 0.491 e. The zero-order chi connectivity index (χ0) is 19.2. The quantitative estimate of drug-likeness (QED) is 0.778. The topological polar surface area (TPSA) is 84.9 Å². The van der Waals surface area contributed by atoms with E-state index in [1.54, 1.807) is 24.3 Å². The highest BCUT2D eigenvalue weighted by molar-refractivity contribution is 6.04. The molecule has 0 radical (unpaired) electrons. The molecule has 1 aliphatic heterocycles.